The predicted octanol–water partition coefficient (Wildman–Crippen LogP) is 2.72. The molecule has 2 aliphatic rings. The van der Waals surface area contributed by atoms with Gasteiger partial charge in [-0.2, -0.15) is 13.2 Å². The molecule has 0 aromatic rings. The van der Waals surface area contributed by atoms with Gasteiger partial charge in [0.15, 0.2) is 0 Å². The minimum Gasteiger partial charge on any atom is -0.314 e. The molecule has 0 aromatic heterocycles. The van der Waals surface area contributed by atoms with Crippen molar-refractivity contribution in [3.63, 3.8) is 0 Å². The summed E-state index contributed by atoms with van der Waals surface area (Å²) in [6, 6.07) is 0.129. The molecule has 1 N–H and O–H groups in total. The molecule has 4 heteroatoms. The summed E-state index contributed by atoms with van der Waals surface area (Å²) < 4.78 is 37.4. The summed E-state index contributed by atoms with van der Waals surface area (Å²) in [6.07, 6.45) is -0.00496. The van der Waals surface area contributed by atoms with Crippen LogP contribution in [-0.2, 0) is 0 Å². The second kappa shape index (κ2) is 3.72. The average Bonchev–Trinajstić information content (AvgIpc) is 2.00. The molecule has 2 fully saturated rings. The summed E-state index contributed by atoms with van der Waals surface area (Å²) in [7, 11) is 0. The monoisotopic (exact) mass is 207 g/mol. The lowest BCUT2D eigenvalue weighted by Gasteiger charge is -2.40. The summed E-state index contributed by atoms with van der Waals surface area (Å²) in [6.45, 7) is 0.533. The minimum absolute atomic E-state index is 0.129. The molecule has 1 saturated heterocycles. The molecule has 2 atom stereocenters. The fourth-order valence-electron chi connectivity index (χ4n) is 2.45. The normalized spacial score (nSPS) is 35.4. The molecule has 1 nitrogen and oxygen atoms in total. The molecular weight excluding hydrogens is 191 g/mol. The Balaban J connectivity index is 1.90. The molecule has 1 aliphatic carbocycles. The number of halogens is 3. The first kappa shape index (κ1) is 10.3. The Bertz CT molecular complexity index is 198. The molecule has 1 heterocycles. The first-order valence-electron chi connectivity index (χ1n) is 5.37. The zero-order valence-corrected chi connectivity index (χ0v) is 8.11. The van der Waals surface area contributed by atoms with E-state index >= 15 is 0 Å². The maximum atomic E-state index is 12.5. The zero-order chi connectivity index (χ0) is 10.2. The summed E-state index contributed by atoms with van der Waals surface area (Å²) in [5, 5.41) is 3.22. The van der Waals surface area contributed by atoms with Gasteiger partial charge in [-0.05, 0) is 38.1 Å². The highest BCUT2D eigenvalue weighted by molar-refractivity contribution is 4.89. The van der Waals surface area contributed by atoms with Crippen molar-refractivity contribution in [2.24, 2.45) is 11.8 Å². The minimum atomic E-state index is -3.98. The van der Waals surface area contributed by atoms with Crippen molar-refractivity contribution in [3.05, 3.63) is 0 Å². The number of hydrogen-bond donors (Lipinski definition) is 1. The zero-order valence-electron chi connectivity index (χ0n) is 8.11. The van der Waals surface area contributed by atoms with Crippen molar-refractivity contribution in [3.8, 4) is 0 Å². The van der Waals surface area contributed by atoms with Gasteiger partial charge in [0.25, 0.3) is 0 Å². The summed E-state index contributed by atoms with van der Waals surface area (Å²) in [4.78, 5) is 0. The molecule has 1 saturated carbocycles. The van der Waals surface area contributed by atoms with Crippen LogP contribution in [0.15, 0.2) is 0 Å². The van der Waals surface area contributed by atoms with E-state index in [1.807, 2.05) is 0 Å². The van der Waals surface area contributed by atoms with Crippen LogP contribution in [0.4, 0.5) is 13.2 Å². The standard InChI is InChI=1S/C10H16F3N/c11-10(12,13)8-4-5-14-9(6-8)7-2-1-3-7/h7-9,14H,1-6H2. The van der Waals surface area contributed by atoms with Gasteiger partial charge in [0.05, 0.1) is 5.92 Å². The lowest BCUT2D eigenvalue weighted by molar-refractivity contribution is -0.184. The Kier molecular flexibility index (Phi) is 2.73. The lowest BCUT2D eigenvalue weighted by atomic mass is 9.75. The summed E-state index contributed by atoms with van der Waals surface area (Å²) in [5.41, 5.74) is 0. The number of nitrogens with one attached hydrogen (secondary N) is 1. The van der Waals surface area contributed by atoms with Crippen LogP contribution in [0.25, 0.3) is 0 Å². The smallest absolute Gasteiger partial charge is 0.314 e. The van der Waals surface area contributed by atoms with E-state index in [0.29, 0.717) is 18.9 Å². The molecule has 0 amide bonds. The number of alkyl halides is 3. The van der Waals surface area contributed by atoms with E-state index in [-0.39, 0.29) is 12.5 Å². The Hall–Kier alpha value is -0.250. The second-order valence-corrected chi connectivity index (χ2v) is 4.51. The quantitative estimate of drug-likeness (QED) is 0.697. The maximum absolute atomic E-state index is 12.5. The van der Waals surface area contributed by atoms with Crippen molar-refractivity contribution in [1.29, 1.82) is 0 Å². The van der Waals surface area contributed by atoms with Crippen molar-refractivity contribution < 1.29 is 13.2 Å². The van der Waals surface area contributed by atoms with Crippen LogP contribution in [0.1, 0.15) is 32.1 Å². The Morgan fingerprint density at radius 1 is 1.07 bits per heavy atom. The van der Waals surface area contributed by atoms with E-state index in [2.05, 4.69) is 5.32 Å². The van der Waals surface area contributed by atoms with E-state index in [0.717, 1.165) is 12.8 Å². The third-order valence-corrected chi connectivity index (χ3v) is 3.62. The Morgan fingerprint density at radius 3 is 2.29 bits per heavy atom. The molecule has 82 valence electrons. The van der Waals surface area contributed by atoms with Crippen molar-refractivity contribution >= 4 is 0 Å². The Morgan fingerprint density at radius 2 is 1.79 bits per heavy atom. The summed E-state index contributed by atoms with van der Waals surface area (Å²) in [5.74, 6) is -0.547. The highest BCUT2D eigenvalue weighted by atomic mass is 19.4. The topological polar surface area (TPSA) is 12.0 Å². The number of rotatable bonds is 1. The van der Waals surface area contributed by atoms with Gasteiger partial charge in [-0.3, -0.25) is 0 Å². The van der Waals surface area contributed by atoms with Crippen LogP contribution >= 0.6 is 0 Å². The van der Waals surface area contributed by atoms with Crippen LogP contribution in [0.5, 0.6) is 0 Å². The second-order valence-electron chi connectivity index (χ2n) is 4.51. The molecule has 0 radical (unpaired) electrons. The van der Waals surface area contributed by atoms with E-state index < -0.39 is 12.1 Å². The molecule has 2 rings (SSSR count). The van der Waals surface area contributed by atoms with Crippen LogP contribution in [0.2, 0.25) is 0 Å². The molecule has 14 heavy (non-hydrogen) atoms. The molecule has 2 unspecified atom stereocenters. The fourth-order valence-corrected chi connectivity index (χ4v) is 2.45. The van der Waals surface area contributed by atoms with Crippen LogP contribution in [-0.4, -0.2) is 18.8 Å². The molecule has 0 spiro atoms. The maximum Gasteiger partial charge on any atom is 0.391 e. The van der Waals surface area contributed by atoms with E-state index in [1.165, 1.54) is 6.42 Å². The average molecular weight is 207 g/mol. The highest BCUT2D eigenvalue weighted by Gasteiger charge is 2.44. The van der Waals surface area contributed by atoms with Gasteiger partial charge in [-0.25, -0.2) is 0 Å². The summed E-state index contributed by atoms with van der Waals surface area (Å²) >= 11 is 0. The van der Waals surface area contributed by atoms with Crippen molar-refractivity contribution in [2.45, 2.75) is 44.3 Å². The van der Waals surface area contributed by atoms with Gasteiger partial charge < -0.3 is 5.32 Å². The molecule has 1 aliphatic heterocycles. The largest absolute Gasteiger partial charge is 0.391 e. The van der Waals surface area contributed by atoms with Gasteiger partial charge in [0.2, 0.25) is 0 Å². The fraction of sp³-hybridized carbons (Fsp3) is 1.00. The SMILES string of the molecule is FC(F)(F)C1CCNC(C2CCC2)C1. The van der Waals surface area contributed by atoms with Gasteiger partial charge in [-0.1, -0.05) is 6.42 Å². The van der Waals surface area contributed by atoms with Crippen molar-refractivity contribution in [1.82, 2.24) is 5.32 Å². The predicted molar refractivity (Wildman–Crippen MR) is 47.9 cm³/mol. The van der Waals surface area contributed by atoms with Gasteiger partial charge in [0.1, 0.15) is 0 Å². The third-order valence-electron chi connectivity index (χ3n) is 3.62. The molecule has 0 bridgehead atoms. The van der Waals surface area contributed by atoms with E-state index in [4.69, 9.17) is 0 Å². The van der Waals surface area contributed by atoms with Crippen LogP contribution in [0.3, 0.4) is 0 Å². The first-order chi connectivity index (χ1) is 6.57. The molecule has 0 aromatic carbocycles. The van der Waals surface area contributed by atoms with E-state index in [1.54, 1.807) is 0 Å². The first-order valence-corrected chi connectivity index (χ1v) is 5.37. The van der Waals surface area contributed by atoms with Gasteiger partial charge in [-0.15, -0.1) is 0 Å². The van der Waals surface area contributed by atoms with Gasteiger partial charge in [0, 0.05) is 6.04 Å². The highest BCUT2D eigenvalue weighted by Crippen LogP contribution is 2.39. The lowest BCUT2D eigenvalue weighted by Crippen LogP contribution is -2.48. The number of hydrogen-bond acceptors (Lipinski definition) is 1. The Labute approximate surface area is 82.1 Å². The van der Waals surface area contributed by atoms with Gasteiger partial charge >= 0.3 is 6.18 Å². The molecular formula is C10H16F3N. The van der Waals surface area contributed by atoms with E-state index in [9.17, 15) is 13.2 Å². The van der Waals surface area contributed by atoms with Crippen LogP contribution in [0, 0.1) is 11.8 Å². The third kappa shape index (κ3) is 2.05. The van der Waals surface area contributed by atoms with Crippen LogP contribution < -0.4 is 5.32 Å². The number of piperidine rings is 1. The van der Waals surface area contributed by atoms with Crippen molar-refractivity contribution in [2.75, 3.05) is 6.54 Å².